The van der Waals surface area contributed by atoms with E-state index >= 15 is 0 Å². The predicted octanol–water partition coefficient (Wildman–Crippen LogP) is 1.94. The van der Waals surface area contributed by atoms with Crippen molar-refractivity contribution < 1.29 is 4.79 Å². The zero-order chi connectivity index (χ0) is 13.7. The first-order chi connectivity index (χ1) is 9.13. The first kappa shape index (κ1) is 13.2. The number of nitrogens with two attached hydrogens (primary N) is 1. The number of carbonyl (C=O) groups excluding carboxylic acids is 1. The summed E-state index contributed by atoms with van der Waals surface area (Å²) in [6.07, 6.45) is 3.27. The van der Waals surface area contributed by atoms with Crippen molar-refractivity contribution >= 4 is 29.0 Å². The molecule has 0 atom stereocenters. The van der Waals surface area contributed by atoms with Gasteiger partial charge in [-0.3, -0.25) is 4.68 Å². The Morgan fingerprint density at radius 2 is 2.32 bits per heavy atom. The standard InChI is InChI=1S/C12H14ClN5O/c13-9-2-1-3-11(6-9)17-12(19)15-4-5-18-8-10(14)7-16-18/h1-3,6-8H,4-5,14H2,(H2,15,17,19). The van der Waals surface area contributed by atoms with E-state index in [1.807, 2.05) is 0 Å². The van der Waals surface area contributed by atoms with E-state index in [-0.39, 0.29) is 6.03 Å². The number of rotatable bonds is 4. The fourth-order valence-electron chi connectivity index (χ4n) is 1.53. The molecular formula is C12H14ClN5O. The van der Waals surface area contributed by atoms with Gasteiger partial charge in [-0.1, -0.05) is 17.7 Å². The molecule has 1 aromatic heterocycles. The molecular weight excluding hydrogens is 266 g/mol. The van der Waals surface area contributed by atoms with Gasteiger partial charge in [-0.15, -0.1) is 0 Å². The lowest BCUT2D eigenvalue weighted by Gasteiger charge is -2.07. The van der Waals surface area contributed by atoms with E-state index in [0.717, 1.165) is 0 Å². The smallest absolute Gasteiger partial charge is 0.319 e. The monoisotopic (exact) mass is 279 g/mol. The third-order valence-electron chi connectivity index (χ3n) is 2.36. The van der Waals surface area contributed by atoms with Crippen molar-refractivity contribution in [1.82, 2.24) is 15.1 Å². The molecule has 2 rings (SSSR count). The molecule has 0 aliphatic rings. The number of nitrogens with zero attached hydrogens (tertiary/aromatic N) is 2. The Labute approximate surface area is 115 Å². The van der Waals surface area contributed by atoms with Crippen LogP contribution in [0.3, 0.4) is 0 Å². The minimum atomic E-state index is -0.289. The Morgan fingerprint density at radius 1 is 1.47 bits per heavy atom. The van der Waals surface area contributed by atoms with Crippen LogP contribution >= 0.6 is 11.6 Å². The van der Waals surface area contributed by atoms with Gasteiger partial charge in [0.2, 0.25) is 0 Å². The van der Waals surface area contributed by atoms with E-state index in [1.54, 1.807) is 41.3 Å². The topological polar surface area (TPSA) is 85.0 Å². The molecule has 0 aliphatic carbocycles. The van der Waals surface area contributed by atoms with Crippen LogP contribution in [-0.4, -0.2) is 22.4 Å². The first-order valence-corrected chi connectivity index (χ1v) is 6.09. The van der Waals surface area contributed by atoms with E-state index in [4.69, 9.17) is 17.3 Å². The second kappa shape index (κ2) is 6.10. The average Bonchev–Trinajstić information content (AvgIpc) is 2.75. The highest BCUT2D eigenvalue weighted by molar-refractivity contribution is 6.30. The maximum atomic E-state index is 11.6. The average molecular weight is 280 g/mol. The van der Waals surface area contributed by atoms with Crippen molar-refractivity contribution in [3.8, 4) is 0 Å². The van der Waals surface area contributed by atoms with Crippen LogP contribution in [0, 0.1) is 0 Å². The molecule has 4 N–H and O–H groups in total. The van der Waals surface area contributed by atoms with Gasteiger partial charge in [0.1, 0.15) is 0 Å². The van der Waals surface area contributed by atoms with Gasteiger partial charge in [0, 0.05) is 23.5 Å². The van der Waals surface area contributed by atoms with Crippen LogP contribution in [0.4, 0.5) is 16.2 Å². The highest BCUT2D eigenvalue weighted by atomic mass is 35.5. The normalized spacial score (nSPS) is 10.2. The largest absolute Gasteiger partial charge is 0.396 e. The van der Waals surface area contributed by atoms with Gasteiger partial charge < -0.3 is 16.4 Å². The van der Waals surface area contributed by atoms with Gasteiger partial charge in [0.05, 0.1) is 18.4 Å². The molecule has 1 aromatic carbocycles. The molecule has 0 bridgehead atoms. The number of hydrogen-bond donors (Lipinski definition) is 3. The van der Waals surface area contributed by atoms with Crippen LogP contribution in [-0.2, 0) is 6.54 Å². The second-order valence-electron chi connectivity index (χ2n) is 3.93. The molecule has 0 saturated carbocycles. The Kier molecular flexibility index (Phi) is 4.25. The Bertz CT molecular complexity index is 569. The maximum absolute atomic E-state index is 11.6. The number of urea groups is 1. The van der Waals surface area contributed by atoms with E-state index < -0.39 is 0 Å². The summed E-state index contributed by atoms with van der Waals surface area (Å²) in [5.41, 5.74) is 6.78. The van der Waals surface area contributed by atoms with Gasteiger partial charge >= 0.3 is 6.03 Å². The number of carbonyl (C=O) groups is 1. The molecule has 0 unspecified atom stereocenters. The van der Waals surface area contributed by atoms with Crippen LogP contribution in [0.15, 0.2) is 36.7 Å². The number of halogens is 1. The third kappa shape index (κ3) is 4.18. The van der Waals surface area contributed by atoms with Gasteiger partial charge in [-0.25, -0.2) is 4.79 Å². The molecule has 1 heterocycles. The lowest BCUT2D eigenvalue weighted by atomic mass is 10.3. The quantitative estimate of drug-likeness (QED) is 0.799. The summed E-state index contributed by atoms with van der Waals surface area (Å²) in [6, 6.07) is 6.66. The molecule has 0 fully saturated rings. The fraction of sp³-hybridized carbons (Fsp3) is 0.167. The zero-order valence-corrected chi connectivity index (χ0v) is 10.9. The molecule has 0 spiro atoms. The van der Waals surface area contributed by atoms with Crippen molar-refractivity contribution in [3.63, 3.8) is 0 Å². The van der Waals surface area contributed by atoms with Crippen molar-refractivity contribution in [2.24, 2.45) is 0 Å². The molecule has 6 nitrogen and oxygen atoms in total. The number of nitrogens with one attached hydrogen (secondary N) is 2. The number of hydrogen-bond acceptors (Lipinski definition) is 3. The Balaban J connectivity index is 1.76. The summed E-state index contributed by atoms with van der Waals surface area (Å²) in [7, 11) is 0. The SMILES string of the molecule is Nc1cnn(CCNC(=O)Nc2cccc(Cl)c2)c1. The minimum Gasteiger partial charge on any atom is -0.396 e. The van der Waals surface area contributed by atoms with Gasteiger partial charge in [-0.05, 0) is 18.2 Å². The molecule has 0 radical (unpaired) electrons. The van der Waals surface area contributed by atoms with Gasteiger partial charge in [0.25, 0.3) is 0 Å². The van der Waals surface area contributed by atoms with Crippen molar-refractivity contribution in [1.29, 1.82) is 0 Å². The second-order valence-corrected chi connectivity index (χ2v) is 4.36. The van der Waals surface area contributed by atoms with Crippen molar-refractivity contribution in [2.45, 2.75) is 6.54 Å². The van der Waals surface area contributed by atoms with Crippen LogP contribution < -0.4 is 16.4 Å². The molecule has 0 aliphatic heterocycles. The number of aromatic nitrogens is 2. The van der Waals surface area contributed by atoms with Gasteiger partial charge in [0.15, 0.2) is 0 Å². The predicted molar refractivity (Wildman–Crippen MR) is 75.1 cm³/mol. The minimum absolute atomic E-state index is 0.289. The molecule has 19 heavy (non-hydrogen) atoms. The van der Waals surface area contributed by atoms with E-state index in [1.165, 1.54) is 0 Å². The molecule has 2 aromatic rings. The Hall–Kier alpha value is -2.21. The number of nitrogen functional groups attached to an aromatic ring is 1. The lowest BCUT2D eigenvalue weighted by Crippen LogP contribution is -2.31. The highest BCUT2D eigenvalue weighted by Gasteiger charge is 2.01. The number of benzene rings is 1. The molecule has 2 amide bonds. The van der Waals surface area contributed by atoms with E-state index in [0.29, 0.717) is 29.5 Å². The molecule has 100 valence electrons. The van der Waals surface area contributed by atoms with E-state index in [9.17, 15) is 4.79 Å². The van der Waals surface area contributed by atoms with Crippen LogP contribution in [0.25, 0.3) is 0 Å². The number of amides is 2. The summed E-state index contributed by atoms with van der Waals surface area (Å²) in [5, 5.41) is 9.98. The fourth-order valence-corrected chi connectivity index (χ4v) is 1.72. The highest BCUT2D eigenvalue weighted by Crippen LogP contribution is 2.14. The van der Waals surface area contributed by atoms with Gasteiger partial charge in [-0.2, -0.15) is 5.10 Å². The Morgan fingerprint density at radius 3 is 3.00 bits per heavy atom. The maximum Gasteiger partial charge on any atom is 0.319 e. The lowest BCUT2D eigenvalue weighted by molar-refractivity contribution is 0.251. The summed E-state index contributed by atoms with van der Waals surface area (Å²) in [4.78, 5) is 11.6. The summed E-state index contributed by atoms with van der Waals surface area (Å²) < 4.78 is 1.66. The van der Waals surface area contributed by atoms with E-state index in [2.05, 4.69) is 15.7 Å². The zero-order valence-electron chi connectivity index (χ0n) is 10.1. The summed E-state index contributed by atoms with van der Waals surface area (Å²) >= 11 is 5.82. The molecule has 7 heteroatoms. The van der Waals surface area contributed by atoms with Crippen LogP contribution in [0.5, 0.6) is 0 Å². The van der Waals surface area contributed by atoms with Crippen LogP contribution in [0.1, 0.15) is 0 Å². The van der Waals surface area contributed by atoms with Crippen LogP contribution in [0.2, 0.25) is 5.02 Å². The third-order valence-corrected chi connectivity index (χ3v) is 2.60. The summed E-state index contributed by atoms with van der Waals surface area (Å²) in [6.45, 7) is 1.01. The molecule has 0 saturated heterocycles. The summed E-state index contributed by atoms with van der Waals surface area (Å²) in [5.74, 6) is 0. The number of anilines is 2. The van der Waals surface area contributed by atoms with Crippen molar-refractivity contribution in [2.75, 3.05) is 17.6 Å². The van der Waals surface area contributed by atoms with Crippen molar-refractivity contribution in [3.05, 3.63) is 41.7 Å². The first-order valence-electron chi connectivity index (χ1n) is 5.72.